The second kappa shape index (κ2) is 10.4. The number of nitrogens with one attached hydrogen (secondary N) is 2. The summed E-state index contributed by atoms with van der Waals surface area (Å²) in [5, 5.41) is 12.1. The molecule has 0 bridgehead atoms. The van der Waals surface area contributed by atoms with Crippen LogP contribution in [0.5, 0.6) is 0 Å². The monoisotopic (exact) mass is 476 g/mol. The summed E-state index contributed by atoms with van der Waals surface area (Å²) in [4.78, 5) is 13.2. The topological polar surface area (TPSA) is 105 Å². The number of nitrogens with two attached hydrogens (primary N) is 2. The lowest BCUT2D eigenvalue weighted by Gasteiger charge is -2.28. The molecular weight excluding hydrogens is 455 g/mol. The van der Waals surface area contributed by atoms with E-state index in [1.807, 2.05) is 18.2 Å². The predicted molar refractivity (Wildman–Crippen MR) is 129 cm³/mol. The molecule has 2 aromatic rings. The van der Waals surface area contributed by atoms with Gasteiger partial charge in [-0.25, -0.2) is 0 Å². The van der Waals surface area contributed by atoms with Crippen molar-refractivity contribution >= 4 is 52.5 Å². The summed E-state index contributed by atoms with van der Waals surface area (Å²) in [6.07, 6.45) is 5.27. The SMILES string of the molecule is N=CC1C=C(NC(=O)C(CCN)c2ccc(Cl)c(Cl)c2)C=C(c2ccccc2Cl)C1N. The molecule has 0 aliphatic heterocycles. The van der Waals surface area contributed by atoms with E-state index in [1.54, 1.807) is 36.4 Å². The fraction of sp³-hybridized carbons (Fsp3) is 0.217. The number of amides is 1. The van der Waals surface area contributed by atoms with Crippen molar-refractivity contribution in [3.8, 4) is 0 Å². The van der Waals surface area contributed by atoms with Crippen LogP contribution >= 0.6 is 34.8 Å². The van der Waals surface area contributed by atoms with Crippen molar-refractivity contribution in [3.63, 3.8) is 0 Å². The molecule has 1 aliphatic carbocycles. The minimum atomic E-state index is -0.508. The van der Waals surface area contributed by atoms with E-state index in [-0.39, 0.29) is 11.8 Å². The maximum Gasteiger partial charge on any atom is 0.231 e. The third-order valence-electron chi connectivity index (χ3n) is 5.22. The summed E-state index contributed by atoms with van der Waals surface area (Å²) < 4.78 is 0. The zero-order chi connectivity index (χ0) is 22.5. The minimum Gasteiger partial charge on any atom is -0.330 e. The van der Waals surface area contributed by atoms with Gasteiger partial charge in [0.15, 0.2) is 0 Å². The molecule has 0 saturated heterocycles. The van der Waals surface area contributed by atoms with Gasteiger partial charge in [-0.05, 0) is 53.9 Å². The average Bonchev–Trinajstić information content (AvgIpc) is 2.75. The van der Waals surface area contributed by atoms with Crippen molar-refractivity contribution in [1.29, 1.82) is 5.41 Å². The van der Waals surface area contributed by atoms with Crippen LogP contribution in [0.25, 0.3) is 5.57 Å². The normalized spacial score (nSPS) is 19.3. The van der Waals surface area contributed by atoms with Crippen LogP contribution in [0.15, 0.2) is 60.3 Å². The highest BCUT2D eigenvalue weighted by molar-refractivity contribution is 6.42. The molecule has 0 heterocycles. The second-order valence-electron chi connectivity index (χ2n) is 7.26. The van der Waals surface area contributed by atoms with Crippen LogP contribution in [-0.2, 0) is 4.79 Å². The third kappa shape index (κ3) is 5.37. The Kier molecular flexibility index (Phi) is 7.92. The molecule has 31 heavy (non-hydrogen) atoms. The minimum absolute atomic E-state index is 0.232. The fourth-order valence-electron chi connectivity index (χ4n) is 3.59. The van der Waals surface area contributed by atoms with Crippen LogP contribution in [0, 0.1) is 11.3 Å². The second-order valence-corrected chi connectivity index (χ2v) is 8.49. The number of allylic oxidation sites excluding steroid dienone is 1. The fourth-order valence-corrected chi connectivity index (χ4v) is 4.14. The number of benzene rings is 2. The molecule has 3 atom stereocenters. The molecule has 6 N–H and O–H groups in total. The Bertz CT molecular complexity index is 1050. The highest BCUT2D eigenvalue weighted by Gasteiger charge is 2.27. The van der Waals surface area contributed by atoms with Crippen molar-refractivity contribution in [2.45, 2.75) is 18.4 Å². The number of hydrogen-bond acceptors (Lipinski definition) is 4. The molecular formula is C23H23Cl3N4O. The molecule has 0 spiro atoms. The molecule has 162 valence electrons. The van der Waals surface area contributed by atoms with Crippen LogP contribution in [-0.4, -0.2) is 24.7 Å². The Morgan fingerprint density at radius 1 is 1.13 bits per heavy atom. The Balaban J connectivity index is 1.92. The molecule has 0 fully saturated rings. The van der Waals surface area contributed by atoms with Gasteiger partial charge >= 0.3 is 0 Å². The van der Waals surface area contributed by atoms with Gasteiger partial charge in [-0.1, -0.05) is 65.1 Å². The first-order valence-corrected chi connectivity index (χ1v) is 10.9. The lowest BCUT2D eigenvalue weighted by Crippen LogP contribution is -2.37. The molecule has 5 nitrogen and oxygen atoms in total. The van der Waals surface area contributed by atoms with E-state index in [9.17, 15) is 4.79 Å². The molecule has 2 aromatic carbocycles. The zero-order valence-corrected chi connectivity index (χ0v) is 18.9. The zero-order valence-electron chi connectivity index (χ0n) is 16.6. The van der Waals surface area contributed by atoms with Crippen molar-refractivity contribution in [3.05, 3.63) is 86.5 Å². The van der Waals surface area contributed by atoms with Gasteiger partial charge in [0, 0.05) is 28.9 Å². The van der Waals surface area contributed by atoms with Crippen LogP contribution < -0.4 is 16.8 Å². The molecule has 3 rings (SSSR count). The van der Waals surface area contributed by atoms with E-state index in [0.717, 1.165) is 16.7 Å². The number of carbonyl (C=O) groups is 1. The van der Waals surface area contributed by atoms with Gasteiger partial charge in [0.05, 0.1) is 16.0 Å². The summed E-state index contributed by atoms with van der Waals surface area (Å²) >= 11 is 18.5. The maximum absolute atomic E-state index is 13.2. The van der Waals surface area contributed by atoms with Gasteiger partial charge in [0.1, 0.15) is 0 Å². The van der Waals surface area contributed by atoms with Gasteiger partial charge in [0.25, 0.3) is 0 Å². The third-order valence-corrected chi connectivity index (χ3v) is 6.29. The van der Waals surface area contributed by atoms with E-state index in [4.69, 9.17) is 51.7 Å². The molecule has 0 saturated carbocycles. The molecule has 3 unspecified atom stereocenters. The summed E-state index contributed by atoms with van der Waals surface area (Å²) in [6, 6.07) is 12.0. The van der Waals surface area contributed by atoms with Crippen molar-refractivity contribution in [2.75, 3.05) is 6.54 Å². The van der Waals surface area contributed by atoms with E-state index >= 15 is 0 Å². The van der Waals surface area contributed by atoms with Gasteiger partial charge in [-0.3, -0.25) is 4.79 Å². The Labute approximate surface area is 196 Å². The van der Waals surface area contributed by atoms with Gasteiger partial charge in [0.2, 0.25) is 5.91 Å². The predicted octanol–water partition coefficient (Wildman–Crippen LogP) is 4.77. The van der Waals surface area contributed by atoms with Gasteiger partial charge in [-0.15, -0.1) is 0 Å². The van der Waals surface area contributed by atoms with Crippen molar-refractivity contribution in [1.82, 2.24) is 5.32 Å². The average molecular weight is 478 g/mol. The van der Waals surface area contributed by atoms with Crippen LogP contribution in [0.1, 0.15) is 23.5 Å². The largest absolute Gasteiger partial charge is 0.330 e. The first-order chi connectivity index (χ1) is 14.8. The Morgan fingerprint density at radius 2 is 1.87 bits per heavy atom. The quantitative estimate of drug-likeness (QED) is 0.432. The molecule has 1 amide bonds. The van der Waals surface area contributed by atoms with Crippen molar-refractivity contribution < 1.29 is 4.79 Å². The van der Waals surface area contributed by atoms with Crippen LogP contribution in [0.2, 0.25) is 15.1 Å². The first-order valence-electron chi connectivity index (χ1n) is 9.76. The highest BCUT2D eigenvalue weighted by Crippen LogP contribution is 2.33. The van der Waals surface area contributed by atoms with E-state index in [1.165, 1.54) is 6.21 Å². The van der Waals surface area contributed by atoms with E-state index in [0.29, 0.717) is 33.7 Å². The van der Waals surface area contributed by atoms with Crippen LogP contribution in [0.4, 0.5) is 0 Å². The Morgan fingerprint density at radius 3 is 2.52 bits per heavy atom. The molecule has 0 aromatic heterocycles. The number of rotatable bonds is 7. The Hall–Kier alpha value is -2.15. The molecule has 0 radical (unpaired) electrons. The smallest absolute Gasteiger partial charge is 0.231 e. The van der Waals surface area contributed by atoms with Gasteiger partial charge < -0.3 is 22.2 Å². The standard InChI is InChI=1S/C23H23Cl3N4O/c24-19-4-2-1-3-17(19)18-11-15(9-14(12-28)22(18)29)30-23(31)16(7-8-27)13-5-6-20(25)21(26)10-13/h1-6,9-12,14,16,22,28H,7-8,27,29H2,(H,30,31). The molecule has 8 heteroatoms. The number of hydrogen-bond donors (Lipinski definition) is 4. The van der Waals surface area contributed by atoms with Crippen molar-refractivity contribution in [2.24, 2.45) is 17.4 Å². The number of carbonyl (C=O) groups excluding carboxylic acids is 1. The maximum atomic E-state index is 13.2. The summed E-state index contributed by atoms with van der Waals surface area (Å²) in [5.74, 6) is -1.12. The number of halogens is 3. The summed E-state index contributed by atoms with van der Waals surface area (Å²) in [7, 11) is 0. The lowest BCUT2D eigenvalue weighted by atomic mass is 9.84. The first kappa shape index (κ1) is 23.5. The highest BCUT2D eigenvalue weighted by atomic mass is 35.5. The molecule has 1 aliphatic rings. The van der Waals surface area contributed by atoms with Gasteiger partial charge in [-0.2, -0.15) is 0 Å². The van der Waals surface area contributed by atoms with Crippen LogP contribution in [0.3, 0.4) is 0 Å². The lowest BCUT2D eigenvalue weighted by molar-refractivity contribution is -0.121. The van der Waals surface area contributed by atoms with E-state index < -0.39 is 12.0 Å². The van der Waals surface area contributed by atoms with E-state index in [2.05, 4.69) is 5.32 Å². The summed E-state index contributed by atoms with van der Waals surface area (Å²) in [6.45, 7) is 0.325. The summed E-state index contributed by atoms with van der Waals surface area (Å²) in [5.41, 5.74) is 14.9.